The van der Waals surface area contributed by atoms with Crippen molar-refractivity contribution >= 4 is 0 Å². The van der Waals surface area contributed by atoms with Gasteiger partial charge in [-0.2, -0.15) is 5.10 Å². The van der Waals surface area contributed by atoms with Gasteiger partial charge in [-0.3, -0.25) is 4.68 Å². The molecule has 0 bridgehead atoms. The lowest BCUT2D eigenvalue weighted by Gasteiger charge is -2.19. The van der Waals surface area contributed by atoms with Crippen molar-refractivity contribution < 1.29 is 8.78 Å². The highest BCUT2D eigenvalue weighted by molar-refractivity contribution is 5.30. The van der Waals surface area contributed by atoms with Crippen molar-refractivity contribution in [1.82, 2.24) is 15.1 Å². The van der Waals surface area contributed by atoms with E-state index in [4.69, 9.17) is 0 Å². The Morgan fingerprint density at radius 1 is 1.32 bits per heavy atom. The third kappa shape index (κ3) is 2.81. The maximum atomic E-state index is 13.9. The van der Waals surface area contributed by atoms with Crippen molar-refractivity contribution in [3.63, 3.8) is 0 Å². The van der Waals surface area contributed by atoms with E-state index >= 15 is 0 Å². The molecule has 5 heteroatoms. The quantitative estimate of drug-likeness (QED) is 0.921. The minimum absolute atomic E-state index is 0.296. The Morgan fingerprint density at radius 3 is 2.63 bits per heavy atom. The van der Waals surface area contributed by atoms with Gasteiger partial charge in [-0.1, -0.05) is 6.92 Å². The van der Waals surface area contributed by atoms with Crippen LogP contribution in [0.3, 0.4) is 0 Å². The van der Waals surface area contributed by atoms with Gasteiger partial charge in [0.15, 0.2) is 0 Å². The molecule has 3 nitrogen and oxygen atoms in total. The smallest absolute Gasteiger partial charge is 0.128 e. The standard InChI is InChI=1S/C14H17F2N3/c1-4-17-14(13-7-9(2)18-19(13)3)11-8-10(15)5-6-12(11)16/h5-8,14,17H,4H2,1-3H3. The molecule has 0 radical (unpaired) electrons. The van der Waals surface area contributed by atoms with Crippen LogP contribution in [-0.2, 0) is 7.05 Å². The van der Waals surface area contributed by atoms with Crippen molar-refractivity contribution in [2.24, 2.45) is 7.05 Å². The molecule has 1 unspecified atom stereocenters. The lowest BCUT2D eigenvalue weighted by atomic mass is 10.0. The predicted molar refractivity (Wildman–Crippen MR) is 69.8 cm³/mol. The molecule has 0 amide bonds. The van der Waals surface area contributed by atoms with Crippen molar-refractivity contribution in [2.75, 3.05) is 6.54 Å². The summed E-state index contributed by atoms with van der Waals surface area (Å²) in [7, 11) is 1.80. The summed E-state index contributed by atoms with van der Waals surface area (Å²) in [6.07, 6.45) is 0. The maximum absolute atomic E-state index is 13.9. The summed E-state index contributed by atoms with van der Waals surface area (Å²) < 4.78 is 29.0. The monoisotopic (exact) mass is 265 g/mol. The lowest BCUT2D eigenvalue weighted by Crippen LogP contribution is -2.25. The van der Waals surface area contributed by atoms with Crippen molar-refractivity contribution in [2.45, 2.75) is 19.9 Å². The number of aromatic nitrogens is 2. The zero-order valence-electron chi connectivity index (χ0n) is 11.2. The lowest BCUT2D eigenvalue weighted by molar-refractivity contribution is 0.522. The van der Waals surface area contributed by atoms with E-state index in [-0.39, 0.29) is 0 Å². The van der Waals surface area contributed by atoms with Crippen LogP contribution in [0.1, 0.15) is 29.9 Å². The van der Waals surface area contributed by atoms with Crippen LogP contribution in [0.4, 0.5) is 8.78 Å². The highest BCUT2D eigenvalue weighted by atomic mass is 19.1. The van der Waals surface area contributed by atoms with Gasteiger partial charge in [0, 0.05) is 12.6 Å². The molecular weight excluding hydrogens is 248 g/mol. The number of hydrogen-bond donors (Lipinski definition) is 1. The van der Waals surface area contributed by atoms with Crippen LogP contribution in [0, 0.1) is 18.6 Å². The van der Waals surface area contributed by atoms with E-state index < -0.39 is 17.7 Å². The third-order valence-corrected chi connectivity index (χ3v) is 3.01. The molecule has 2 rings (SSSR count). The summed E-state index contributed by atoms with van der Waals surface area (Å²) in [6.45, 7) is 4.44. The second-order valence-electron chi connectivity index (χ2n) is 4.49. The van der Waals surface area contributed by atoms with Crippen molar-refractivity contribution in [3.8, 4) is 0 Å². The minimum atomic E-state index is -0.446. The molecule has 1 heterocycles. The van der Waals surface area contributed by atoms with Crippen molar-refractivity contribution in [3.05, 3.63) is 52.9 Å². The van der Waals surface area contributed by atoms with Gasteiger partial charge < -0.3 is 5.32 Å². The Bertz CT molecular complexity index is 578. The second kappa shape index (κ2) is 5.48. The fraction of sp³-hybridized carbons (Fsp3) is 0.357. The predicted octanol–water partition coefficient (Wildman–Crippen LogP) is 2.71. The average molecular weight is 265 g/mol. The van der Waals surface area contributed by atoms with Crippen LogP contribution in [0.5, 0.6) is 0 Å². The number of aryl methyl sites for hydroxylation is 2. The van der Waals surface area contributed by atoms with Gasteiger partial charge >= 0.3 is 0 Å². The molecule has 2 aromatic rings. The molecule has 0 saturated heterocycles. The molecule has 102 valence electrons. The van der Waals surface area contributed by atoms with Crippen LogP contribution in [-0.4, -0.2) is 16.3 Å². The summed E-state index contributed by atoms with van der Waals surface area (Å²) in [5.41, 5.74) is 1.95. The fourth-order valence-electron chi connectivity index (χ4n) is 2.21. The first kappa shape index (κ1) is 13.7. The number of rotatable bonds is 4. The van der Waals surface area contributed by atoms with Gasteiger partial charge in [0.25, 0.3) is 0 Å². The van der Waals surface area contributed by atoms with Gasteiger partial charge in [0.05, 0.1) is 17.4 Å². The number of benzene rings is 1. The normalized spacial score (nSPS) is 12.7. The first-order valence-electron chi connectivity index (χ1n) is 6.21. The van der Waals surface area contributed by atoms with Crippen LogP contribution in [0.2, 0.25) is 0 Å². The Balaban J connectivity index is 2.51. The Labute approximate surface area is 111 Å². The molecule has 1 aromatic heterocycles. The summed E-state index contributed by atoms with van der Waals surface area (Å²) in [5, 5.41) is 7.42. The Morgan fingerprint density at radius 2 is 2.05 bits per heavy atom. The highest BCUT2D eigenvalue weighted by Gasteiger charge is 2.21. The summed E-state index contributed by atoms with van der Waals surface area (Å²) in [5.74, 6) is -0.871. The Hall–Kier alpha value is -1.75. The van der Waals surface area contributed by atoms with E-state index in [0.29, 0.717) is 12.1 Å². The van der Waals surface area contributed by atoms with E-state index in [1.807, 2.05) is 19.9 Å². The van der Waals surface area contributed by atoms with Crippen molar-refractivity contribution in [1.29, 1.82) is 0 Å². The average Bonchev–Trinajstić information content (AvgIpc) is 2.69. The first-order chi connectivity index (χ1) is 9.02. The molecule has 0 aliphatic rings. The van der Waals surface area contributed by atoms with Crippen LogP contribution >= 0.6 is 0 Å². The molecule has 0 spiro atoms. The van der Waals surface area contributed by atoms with E-state index in [0.717, 1.165) is 23.5 Å². The maximum Gasteiger partial charge on any atom is 0.128 e. The van der Waals surface area contributed by atoms with Gasteiger partial charge in [-0.05, 0) is 37.7 Å². The van der Waals surface area contributed by atoms with Gasteiger partial charge in [0.2, 0.25) is 0 Å². The Kier molecular flexibility index (Phi) is 3.95. The van der Waals surface area contributed by atoms with Crippen LogP contribution in [0.15, 0.2) is 24.3 Å². The van der Waals surface area contributed by atoms with Crippen LogP contribution < -0.4 is 5.32 Å². The SMILES string of the molecule is CCNC(c1cc(F)ccc1F)c1cc(C)nn1C. The zero-order valence-corrected chi connectivity index (χ0v) is 11.2. The molecule has 0 aliphatic heterocycles. The second-order valence-corrected chi connectivity index (χ2v) is 4.49. The largest absolute Gasteiger partial charge is 0.305 e. The summed E-state index contributed by atoms with van der Waals surface area (Å²) in [6, 6.07) is 4.96. The van der Waals surface area contributed by atoms with Gasteiger partial charge in [0.1, 0.15) is 11.6 Å². The molecule has 19 heavy (non-hydrogen) atoms. The highest BCUT2D eigenvalue weighted by Crippen LogP contribution is 2.25. The molecule has 0 fully saturated rings. The number of halogens is 2. The molecule has 0 aliphatic carbocycles. The summed E-state index contributed by atoms with van der Waals surface area (Å²) >= 11 is 0. The molecule has 1 N–H and O–H groups in total. The molecule has 1 aromatic carbocycles. The first-order valence-corrected chi connectivity index (χ1v) is 6.21. The molecular formula is C14H17F2N3. The summed E-state index contributed by atoms with van der Waals surface area (Å²) in [4.78, 5) is 0. The van der Waals surface area contributed by atoms with E-state index in [9.17, 15) is 8.78 Å². The number of hydrogen-bond acceptors (Lipinski definition) is 2. The zero-order chi connectivity index (χ0) is 14.0. The van der Waals surface area contributed by atoms with E-state index in [1.165, 1.54) is 6.07 Å². The molecule has 1 atom stereocenters. The third-order valence-electron chi connectivity index (χ3n) is 3.01. The van der Waals surface area contributed by atoms with Gasteiger partial charge in [-0.25, -0.2) is 8.78 Å². The molecule has 0 saturated carbocycles. The fourth-order valence-corrected chi connectivity index (χ4v) is 2.21. The minimum Gasteiger partial charge on any atom is -0.305 e. The van der Waals surface area contributed by atoms with Gasteiger partial charge in [-0.15, -0.1) is 0 Å². The van der Waals surface area contributed by atoms with E-state index in [1.54, 1.807) is 11.7 Å². The number of nitrogens with zero attached hydrogens (tertiary/aromatic N) is 2. The van der Waals surface area contributed by atoms with Crippen LogP contribution in [0.25, 0.3) is 0 Å². The number of nitrogens with one attached hydrogen (secondary N) is 1. The topological polar surface area (TPSA) is 29.9 Å². The van der Waals surface area contributed by atoms with E-state index in [2.05, 4.69) is 10.4 Å².